The molecule has 0 saturated carbocycles. The van der Waals surface area contributed by atoms with Gasteiger partial charge in [0.1, 0.15) is 0 Å². The number of hydrogen-bond donors (Lipinski definition) is 0. The van der Waals surface area contributed by atoms with Gasteiger partial charge in [-0.2, -0.15) is 5.10 Å². The molecule has 2 aromatic heterocycles. The van der Waals surface area contributed by atoms with Gasteiger partial charge in [0.25, 0.3) is 5.91 Å². The fourth-order valence-corrected chi connectivity index (χ4v) is 2.64. The maximum absolute atomic E-state index is 12.5. The Kier molecular flexibility index (Phi) is 4.60. The summed E-state index contributed by atoms with van der Waals surface area (Å²) in [6, 6.07) is 12.2. The summed E-state index contributed by atoms with van der Waals surface area (Å²) in [5.74, 6) is -0.00504. The van der Waals surface area contributed by atoms with E-state index >= 15 is 0 Å². The van der Waals surface area contributed by atoms with Gasteiger partial charge in [-0.25, -0.2) is 9.67 Å². The van der Waals surface area contributed by atoms with Crippen molar-refractivity contribution in [1.29, 1.82) is 0 Å². The minimum Gasteiger partial charge on any atom is -0.339 e. The van der Waals surface area contributed by atoms with Crippen LogP contribution in [0.3, 0.4) is 0 Å². The van der Waals surface area contributed by atoms with Crippen molar-refractivity contribution in [2.45, 2.75) is 32.9 Å². The lowest BCUT2D eigenvalue weighted by Gasteiger charge is -2.23. The first-order valence-corrected chi connectivity index (χ1v) is 8.22. The van der Waals surface area contributed by atoms with Crippen LogP contribution in [0, 0.1) is 0 Å². The van der Waals surface area contributed by atoms with Crippen molar-refractivity contribution in [2.75, 3.05) is 7.05 Å². The van der Waals surface area contributed by atoms with E-state index in [4.69, 9.17) is 0 Å². The standard InChI is InChI=1S/C19H22N4O/c1-4-14(2)22(3)19(24)17-10-16-12-21-23(18(16)20-11-17)13-15-8-6-5-7-9-15/h5-12,14H,4,13H2,1-3H3/t14-/m1/s1. The highest BCUT2D eigenvalue weighted by atomic mass is 16.2. The fourth-order valence-electron chi connectivity index (χ4n) is 2.64. The molecule has 5 nitrogen and oxygen atoms in total. The molecule has 1 aromatic carbocycles. The van der Waals surface area contributed by atoms with E-state index in [9.17, 15) is 4.79 Å². The van der Waals surface area contributed by atoms with E-state index < -0.39 is 0 Å². The molecule has 5 heteroatoms. The van der Waals surface area contributed by atoms with Gasteiger partial charge in [0.15, 0.2) is 5.65 Å². The summed E-state index contributed by atoms with van der Waals surface area (Å²) in [7, 11) is 1.83. The van der Waals surface area contributed by atoms with Crippen LogP contribution in [0.25, 0.3) is 11.0 Å². The zero-order valence-electron chi connectivity index (χ0n) is 14.3. The number of aromatic nitrogens is 3. The molecule has 0 bridgehead atoms. The molecule has 124 valence electrons. The largest absolute Gasteiger partial charge is 0.339 e. The number of pyridine rings is 1. The van der Waals surface area contributed by atoms with Gasteiger partial charge < -0.3 is 4.90 Å². The molecule has 1 amide bonds. The normalized spacial score (nSPS) is 12.3. The van der Waals surface area contributed by atoms with Gasteiger partial charge in [0.2, 0.25) is 0 Å². The van der Waals surface area contributed by atoms with Gasteiger partial charge in [-0.3, -0.25) is 4.79 Å². The summed E-state index contributed by atoms with van der Waals surface area (Å²) in [5.41, 5.74) is 2.56. The Morgan fingerprint density at radius 3 is 2.71 bits per heavy atom. The van der Waals surface area contributed by atoms with Crippen LogP contribution >= 0.6 is 0 Å². The molecule has 0 N–H and O–H groups in total. The highest BCUT2D eigenvalue weighted by molar-refractivity contribution is 5.96. The molecule has 3 aromatic rings. The summed E-state index contributed by atoms with van der Waals surface area (Å²) >= 11 is 0. The van der Waals surface area contributed by atoms with Crippen LogP contribution in [0.1, 0.15) is 36.2 Å². The van der Waals surface area contributed by atoms with Gasteiger partial charge >= 0.3 is 0 Å². The quantitative estimate of drug-likeness (QED) is 0.724. The van der Waals surface area contributed by atoms with Crippen molar-refractivity contribution in [3.8, 4) is 0 Å². The molecule has 0 unspecified atom stereocenters. The number of benzene rings is 1. The first-order valence-electron chi connectivity index (χ1n) is 8.22. The van der Waals surface area contributed by atoms with Gasteiger partial charge in [-0.1, -0.05) is 37.3 Å². The Hall–Kier alpha value is -2.69. The van der Waals surface area contributed by atoms with E-state index in [1.165, 1.54) is 5.56 Å². The second-order valence-corrected chi connectivity index (χ2v) is 6.10. The molecule has 1 atom stereocenters. The fraction of sp³-hybridized carbons (Fsp3) is 0.316. The lowest BCUT2D eigenvalue weighted by Crippen LogP contribution is -2.34. The van der Waals surface area contributed by atoms with Gasteiger partial charge in [0.05, 0.1) is 18.3 Å². The molecule has 0 aliphatic rings. The Balaban J connectivity index is 1.87. The lowest BCUT2D eigenvalue weighted by atomic mass is 10.1. The molecular weight excluding hydrogens is 300 g/mol. The highest BCUT2D eigenvalue weighted by Crippen LogP contribution is 2.16. The van der Waals surface area contributed by atoms with Crippen molar-refractivity contribution in [2.24, 2.45) is 0 Å². The number of carbonyl (C=O) groups is 1. The molecule has 0 saturated heterocycles. The first kappa shape index (κ1) is 16.2. The average molecular weight is 322 g/mol. The van der Waals surface area contributed by atoms with Crippen molar-refractivity contribution in [3.63, 3.8) is 0 Å². The van der Waals surface area contributed by atoms with Crippen LogP contribution in [0.2, 0.25) is 0 Å². The minimum absolute atomic E-state index is 0.00504. The number of carbonyl (C=O) groups excluding carboxylic acids is 1. The van der Waals surface area contributed by atoms with E-state index in [2.05, 4.69) is 29.1 Å². The zero-order valence-corrected chi connectivity index (χ0v) is 14.3. The molecule has 0 radical (unpaired) electrons. The molecule has 0 aliphatic carbocycles. The predicted molar refractivity (Wildman–Crippen MR) is 94.9 cm³/mol. The van der Waals surface area contributed by atoms with Crippen LogP contribution in [0.4, 0.5) is 0 Å². The van der Waals surface area contributed by atoms with Crippen LogP contribution in [0.15, 0.2) is 48.8 Å². The Bertz CT molecular complexity index is 841. The van der Waals surface area contributed by atoms with E-state index in [-0.39, 0.29) is 11.9 Å². The molecule has 24 heavy (non-hydrogen) atoms. The van der Waals surface area contributed by atoms with Gasteiger partial charge in [-0.05, 0) is 25.0 Å². The maximum Gasteiger partial charge on any atom is 0.255 e. The van der Waals surface area contributed by atoms with Crippen molar-refractivity contribution in [1.82, 2.24) is 19.7 Å². The SMILES string of the molecule is CC[C@@H](C)N(C)C(=O)c1cnc2c(cnn2Cc2ccccc2)c1. The van der Waals surface area contributed by atoms with Crippen LogP contribution in [-0.4, -0.2) is 38.7 Å². The first-order chi connectivity index (χ1) is 11.6. The van der Waals surface area contributed by atoms with Crippen molar-refractivity contribution in [3.05, 3.63) is 59.9 Å². The highest BCUT2D eigenvalue weighted by Gasteiger charge is 2.17. The summed E-state index contributed by atoms with van der Waals surface area (Å²) < 4.78 is 1.86. The second-order valence-electron chi connectivity index (χ2n) is 6.10. The van der Waals surface area contributed by atoms with E-state index in [0.29, 0.717) is 12.1 Å². The zero-order chi connectivity index (χ0) is 17.1. The summed E-state index contributed by atoms with van der Waals surface area (Å²) in [6.45, 7) is 4.78. The molecule has 0 aliphatic heterocycles. The molecule has 2 heterocycles. The van der Waals surface area contributed by atoms with Crippen LogP contribution < -0.4 is 0 Å². The summed E-state index contributed by atoms with van der Waals surface area (Å²) in [4.78, 5) is 18.8. The number of amides is 1. The number of rotatable bonds is 5. The third-order valence-electron chi connectivity index (χ3n) is 4.47. The van der Waals surface area contributed by atoms with E-state index in [0.717, 1.165) is 17.5 Å². The Morgan fingerprint density at radius 1 is 1.25 bits per heavy atom. The molecule has 0 fully saturated rings. The minimum atomic E-state index is -0.00504. The van der Waals surface area contributed by atoms with Crippen molar-refractivity contribution >= 4 is 16.9 Å². The number of hydrogen-bond acceptors (Lipinski definition) is 3. The average Bonchev–Trinajstić information content (AvgIpc) is 3.02. The molecular formula is C19H22N4O. The Labute approximate surface area is 141 Å². The third kappa shape index (κ3) is 3.15. The number of fused-ring (bicyclic) bond motifs is 1. The lowest BCUT2D eigenvalue weighted by molar-refractivity contribution is 0.0740. The monoisotopic (exact) mass is 322 g/mol. The smallest absolute Gasteiger partial charge is 0.255 e. The summed E-state index contributed by atoms with van der Waals surface area (Å²) in [6.07, 6.45) is 4.34. The van der Waals surface area contributed by atoms with E-state index in [1.54, 1.807) is 17.3 Å². The van der Waals surface area contributed by atoms with Crippen LogP contribution in [0.5, 0.6) is 0 Å². The van der Waals surface area contributed by atoms with E-state index in [1.807, 2.05) is 42.9 Å². The second kappa shape index (κ2) is 6.83. The number of nitrogens with zero attached hydrogens (tertiary/aromatic N) is 4. The van der Waals surface area contributed by atoms with Gasteiger partial charge in [0, 0.05) is 24.7 Å². The van der Waals surface area contributed by atoms with Crippen molar-refractivity contribution < 1.29 is 4.79 Å². The predicted octanol–water partition coefficient (Wildman–Crippen LogP) is 3.35. The molecule has 3 rings (SSSR count). The summed E-state index contributed by atoms with van der Waals surface area (Å²) in [5, 5.41) is 5.30. The maximum atomic E-state index is 12.5. The van der Waals surface area contributed by atoms with Crippen LogP contribution in [-0.2, 0) is 6.54 Å². The topological polar surface area (TPSA) is 51.0 Å². The Morgan fingerprint density at radius 2 is 2.00 bits per heavy atom. The van der Waals surface area contributed by atoms with Gasteiger partial charge in [-0.15, -0.1) is 0 Å². The molecule has 0 spiro atoms. The third-order valence-corrected chi connectivity index (χ3v) is 4.47.